The molecule has 4 nitrogen and oxygen atoms in total. The van der Waals surface area contributed by atoms with Gasteiger partial charge in [-0.1, -0.05) is 24.9 Å². The third kappa shape index (κ3) is 3.54. The molecule has 82 valence electrons. The molecule has 0 aromatic rings. The van der Waals surface area contributed by atoms with Gasteiger partial charge in [-0.15, -0.1) is 0 Å². The zero-order valence-electron chi connectivity index (χ0n) is 9.03. The summed E-state index contributed by atoms with van der Waals surface area (Å²) in [6.07, 6.45) is 5.06. The molecule has 0 bridgehead atoms. The molecule has 0 radical (unpaired) electrons. The van der Waals surface area contributed by atoms with Crippen LogP contribution < -0.4 is 11.1 Å². The van der Waals surface area contributed by atoms with E-state index >= 15 is 0 Å². The Kier molecular flexibility index (Phi) is 4.20. The van der Waals surface area contributed by atoms with E-state index < -0.39 is 0 Å². The van der Waals surface area contributed by atoms with Crippen LogP contribution in [0.3, 0.4) is 0 Å². The highest BCUT2D eigenvalue weighted by atomic mass is 16.4. The molecule has 0 aromatic heterocycles. The first-order chi connectivity index (χ1) is 6.67. The minimum Gasteiger partial charge on any atom is -0.409 e. The van der Waals surface area contributed by atoms with E-state index in [-0.39, 0.29) is 11.9 Å². The third-order valence-corrected chi connectivity index (χ3v) is 2.85. The molecule has 4 heteroatoms. The standard InChI is InChI=1S/C10H21N3O/c1-3-9(6-8-4-5-8)12-7(2)10(11)13-14/h7-9,12,14H,3-6H2,1-2H3,(H2,11,13). The zero-order valence-corrected chi connectivity index (χ0v) is 9.03. The van der Waals surface area contributed by atoms with Crippen molar-refractivity contribution in [3.63, 3.8) is 0 Å². The first-order valence-electron chi connectivity index (χ1n) is 5.40. The van der Waals surface area contributed by atoms with Gasteiger partial charge in [0.15, 0.2) is 5.84 Å². The van der Waals surface area contributed by atoms with Gasteiger partial charge in [-0.3, -0.25) is 0 Å². The lowest BCUT2D eigenvalue weighted by Crippen LogP contribution is -2.44. The Morgan fingerprint density at radius 3 is 2.71 bits per heavy atom. The minimum absolute atomic E-state index is 0.0382. The third-order valence-electron chi connectivity index (χ3n) is 2.85. The molecule has 2 atom stereocenters. The molecule has 0 heterocycles. The highest BCUT2D eigenvalue weighted by Crippen LogP contribution is 2.34. The van der Waals surface area contributed by atoms with Crippen LogP contribution in [0.25, 0.3) is 0 Å². The molecule has 0 aliphatic heterocycles. The molecule has 2 unspecified atom stereocenters. The van der Waals surface area contributed by atoms with E-state index in [0.717, 1.165) is 12.3 Å². The average molecular weight is 199 g/mol. The van der Waals surface area contributed by atoms with Crippen LogP contribution in [-0.4, -0.2) is 23.1 Å². The molecular formula is C10H21N3O. The zero-order chi connectivity index (χ0) is 10.6. The van der Waals surface area contributed by atoms with Crippen molar-refractivity contribution in [3.05, 3.63) is 0 Å². The van der Waals surface area contributed by atoms with E-state index in [1.165, 1.54) is 19.3 Å². The Hall–Kier alpha value is -0.770. The van der Waals surface area contributed by atoms with Crippen molar-refractivity contribution in [3.8, 4) is 0 Å². The second-order valence-electron chi connectivity index (χ2n) is 4.20. The molecule has 1 aliphatic rings. The summed E-state index contributed by atoms with van der Waals surface area (Å²) in [5.41, 5.74) is 5.50. The first-order valence-corrected chi connectivity index (χ1v) is 5.40. The fourth-order valence-electron chi connectivity index (χ4n) is 1.63. The van der Waals surface area contributed by atoms with Crippen LogP contribution in [0.1, 0.15) is 39.5 Å². The molecule has 1 saturated carbocycles. The summed E-state index contributed by atoms with van der Waals surface area (Å²) < 4.78 is 0. The summed E-state index contributed by atoms with van der Waals surface area (Å²) in [7, 11) is 0. The normalized spacial score (nSPS) is 22.0. The molecule has 14 heavy (non-hydrogen) atoms. The lowest BCUT2D eigenvalue weighted by atomic mass is 10.1. The van der Waals surface area contributed by atoms with Crippen molar-refractivity contribution in [2.24, 2.45) is 16.8 Å². The van der Waals surface area contributed by atoms with Crippen molar-refractivity contribution >= 4 is 5.84 Å². The lowest BCUT2D eigenvalue weighted by Gasteiger charge is -2.21. The van der Waals surface area contributed by atoms with Crippen LogP contribution in [0, 0.1) is 5.92 Å². The summed E-state index contributed by atoms with van der Waals surface area (Å²) in [5.74, 6) is 1.17. The van der Waals surface area contributed by atoms with E-state index in [1.807, 2.05) is 6.92 Å². The Bertz CT molecular complexity index is 202. The van der Waals surface area contributed by atoms with Gasteiger partial charge in [0.1, 0.15) is 0 Å². The van der Waals surface area contributed by atoms with Gasteiger partial charge >= 0.3 is 0 Å². The lowest BCUT2D eigenvalue weighted by molar-refractivity contribution is 0.313. The molecule has 1 rings (SSSR count). The largest absolute Gasteiger partial charge is 0.409 e. The maximum atomic E-state index is 8.51. The Morgan fingerprint density at radius 1 is 1.64 bits per heavy atom. The van der Waals surface area contributed by atoms with Crippen LogP contribution in [-0.2, 0) is 0 Å². The van der Waals surface area contributed by atoms with E-state index in [4.69, 9.17) is 10.9 Å². The quantitative estimate of drug-likeness (QED) is 0.261. The van der Waals surface area contributed by atoms with Gasteiger partial charge in [0, 0.05) is 6.04 Å². The van der Waals surface area contributed by atoms with Crippen molar-refractivity contribution in [2.45, 2.75) is 51.6 Å². The number of nitrogens with two attached hydrogens (primary N) is 1. The number of oxime groups is 1. The second-order valence-corrected chi connectivity index (χ2v) is 4.20. The molecule has 0 aromatic carbocycles. The Morgan fingerprint density at radius 2 is 2.29 bits per heavy atom. The number of hydrogen-bond donors (Lipinski definition) is 3. The van der Waals surface area contributed by atoms with Gasteiger partial charge in [0.05, 0.1) is 6.04 Å². The molecule has 1 fully saturated rings. The van der Waals surface area contributed by atoms with Crippen LogP contribution >= 0.6 is 0 Å². The van der Waals surface area contributed by atoms with Gasteiger partial charge in [-0.05, 0) is 25.7 Å². The molecule has 0 saturated heterocycles. The van der Waals surface area contributed by atoms with Crippen molar-refractivity contribution in [1.82, 2.24) is 5.32 Å². The van der Waals surface area contributed by atoms with Crippen LogP contribution in [0.4, 0.5) is 0 Å². The van der Waals surface area contributed by atoms with Crippen LogP contribution in [0.2, 0.25) is 0 Å². The summed E-state index contributed by atoms with van der Waals surface area (Å²) in [6, 6.07) is 0.460. The number of nitrogens with one attached hydrogen (secondary N) is 1. The topological polar surface area (TPSA) is 70.6 Å². The van der Waals surface area contributed by atoms with Gasteiger partial charge in [-0.25, -0.2) is 0 Å². The summed E-state index contributed by atoms with van der Waals surface area (Å²) >= 11 is 0. The SMILES string of the molecule is CCC(CC1CC1)NC(C)C(N)=NO. The fourth-order valence-corrected chi connectivity index (χ4v) is 1.63. The molecule has 0 spiro atoms. The predicted molar refractivity (Wildman–Crippen MR) is 57.4 cm³/mol. The number of rotatable bonds is 6. The minimum atomic E-state index is -0.0382. The predicted octanol–water partition coefficient (Wildman–Crippen LogP) is 1.29. The van der Waals surface area contributed by atoms with Gasteiger partial charge in [0.25, 0.3) is 0 Å². The van der Waals surface area contributed by atoms with Gasteiger partial charge < -0.3 is 16.3 Å². The average Bonchev–Trinajstić information content (AvgIpc) is 2.99. The van der Waals surface area contributed by atoms with Gasteiger partial charge in [-0.2, -0.15) is 0 Å². The second kappa shape index (κ2) is 5.20. The number of amidine groups is 1. The monoisotopic (exact) mass is 199 g/mol. The Balaban J connectivity index is 2.30. The molecule has 0 amide bonds. The maximum Gasteiger partial charge on any atom is 0.156 e. The molecular weight excluding hydrogens is 178 g/mol. The van der Waals surface area contributed by atoms with E-state index in [0.29, 0.717) is 6.04 Å². The van der Waals surface area contributed by atoms with E-state index in [1.54, 1.807) is 0 Å². The van der Waals surface area contributed by atoms with Crippen LogP contribution in [0.15, 0.2) is 5.16 Å². The summed E-state index contributed by atoms with van der Waals surface area (Å²) in [5, 5.41) is 14.9. The van der Waals surface area contributed by atoms with Crippen molar-refractivity contribution in [2.75, 3.05) is 0 Å². The van der Waals surface area contributed by atoms with E-state index in [2.05, 4.69) is 17.4 Å². The van der Waals surface area contributed by atoms with E-state index in [9.17, 15) is 0 Å². The smallest absolute Gasteiger partial charge is 0.156 e. The summed E-state index contributed by atoms with van der Waals surface area (Å²) in [4.78, 5) is 0. The first kappa shape index (κ1) is 11.3. The maximum absolute atomic E-state index is 8.51. The Labute approximate surface area is 85.6 Å². The summed E-state index contributed by atoms with van der Waals surface area (Å²) in [6.45, 7) is 4.09. The van der Waals surface area contributed by atoms with Crippen molar-refractivity contribution < 1.29 is 5.21 Å². The van der Waals surface area contributed by atoms with Crippen molar-refractivity contribution in [1.29, 1.82) is 0 Å². The highest BCUT2D eigenvalue weighted by molar-refractivity contribution is 5.84. The fraction of sp³-hybridized carbons (Fsp3) is 0.900. The highest BCUT2D eigenvalue weighted by Gasteiger charge is 2.25. The number of nitrogens with zero attached hydrogens (tertiary/aromatic N) is 1. The number of hydrogen-bond acceptors (Lipinski definition) is 3. The molecule has 1 aliphatic carbocycles. The van der Waals surface area contributed by atoms with Gasteiger partial charge in [0.2, 0.25) is 0 Å². The van der Waals surface area contributed by atoms with Crippen LogP contribution in [0.5, 0.6) is 0 Å². The molecule has 4 N–H and O–H groups in total.